The zero-order valence-corrected chi connectivity index (χ0v) is 13.1. The predicted molar refractivity (Wildman–Crippen MR) is 81.2 cm³/mol. The number of benzene rings is 1. The van der Waals surface area contributed by atoms with E-state index in [-0.39, 0.29) is 11.9 Å². The molecule has 1 aromatic carbocycles. The van der Waals surface area contributed by atoms with Gasteiger partial charge in [-0.25, -0.2) is 0 Å². The largest absolute Gasteiger partial charge is 0.339 e. The highest BCUT2D eigenvalue weighted by Crippen LogP contribution is 2.23. The average Bonchev–Trinajstić information content (AvgIpc) is 2.38. The molecule has 2 N–H and O–H groups in total. The van der Waals surface area contributed by atoms with Gasteiger partial charge in [0.2, 0.25) is 0 Å². The molecule has 4 heteroatoms. The van der Waals surface area contributed by atoms with Gasteiger partial charge in [0.25, 0.3) is 5.91 Å². The summed E-state index contributed by atoms with van der Waals surface area (Å²) in [5.41, 5.74) is 7.76. The minimum absolute atomic E-state index is 0.146. The van der Waals surface area contributed by atoms with Gasteiger partial charge in [-0.05, 0) is 56.4 Å². The second kappa shape index (κ2) is 6.06. The third-order valence-corrected chi connectivity index (χ3v) is 4.48. The third-order valence-electron chi connectivity index (χ3n) is 3.99. The van der Waals surface area contributed by atoms with Gasteiger partial charge in [-0.15, -0.1) is 0 Å². The number of halogens is 1. The van der Waals surface area contributed by atoms with E-state index >= 15 is 0 Å². The van der Waals surface area contributed by atoms with Gasteiger partial charge >= 0.3 is 0 Å². The van der Waals surface area contributed by atoms with E-state index in [4.69, 9.17) is 5.73 Å². The van der Waals surface area contributed by atoms with Gasteiger partial charge in [-0.1, -0.05) is 15.9 Å². The molecule has 0 aromatic heterocycles. The summed E-state index contributed by atoms with van der Waals surface area (Å²) >= 11 is 3.43. The third kappa shape index (κ3) is 3.37. The van der Waals surface area contributed by atoms with E-state index in [0.29, 0.717) is 5.92 Å². The SMILES string of the molecule is Cc1cc(Br)ccc1C(=O)N1CCC(C(C)N)CC1. The molecule has 1 amide bonds. The van der Waals surface area contributed by atoms with Crippen LogP contribution in [0.4, 0.5) is 0 Å². The van der Waals surface area contributed by atoms with Gasteiger partial charge in [0.15, 0.2) is 0 Å². The Kier molecular flexibility index (Phi) is 4.63. The maximum Gasteiger partial charge on any atom is 0.254 e. The predicted octanol–water partition coefficient (Wildman–Crippen LogP) is 2.96. The monoisotopic (exact) mass is 324 g/mol. The van der Waals surface area contributed by atoms with Crippen LogP contribution in [0.3, 0.4) is 0 Å². The fraction of sp³-hybridized carbons (Fsp3) is 0.533. The summed E-state index contributed by atoms with van der Waals surface area (Å²) in [6.07, 6.45) is 2.03. The van der Waals surface area contributed by atoms with Crippen molar-refractivity contribution in [3.05, 3.63) is 33.8 Å². The first-order valence-electron chi connectivity index (χ1n) is 6.80. The summed E-state index contributed by atoms with van der Waals surface area (Å²) < 4.78 is 1.01. The second-order valence-electron chi connectivity index (χ2n) is 5.45. The van der Waals surface area contributed by atoms with Gasteiger partial charge in [0.1, 0.15) is 0 Å². The van der Waals surface area contributed by atoms with E-state index in [1.54, 1.807) is 0 Å². The number of aryl methyl sites for hydroxylation is 1. The van der Waals surface area contributed by atoms with E-state index in [0.717, 1.165) is 41.5 Å². The highest BCUT2D eigenvalue weighted by molar-refractivity contribution is 9.10. The average molecular weight is 325 g/mol. The first kappa shape index (κ1) is 14.5. The number of rotatable bonds is 2. The van der Waals surface area contributed by atoms with Crippen LogP contribution in [-0.2, 0) is 0 Å². The van der Waals surface area contributed by atoms with E-state index < -0.39 is 0 Å². The van der Waals surface area contributed by atoms with Crippen LogP contribution in [0.2, 0.25) is 0 Å². The van der Waals surface area contributed by atoms with Crippen LogP contribution in [0.15, 0.2) is 22.7 Å². The highest BCUT2D eigenvalue weighted by atomic mass is 79.9. The molecule has 1 aliphatic rings. The summed E-state index contributed by atoms with van der Waals surface area (Å²) in [5, 5.41) is 0. The van der Waals surface area contributed by atoms with Gasteiger partial charge in [0.05, 0.1) is 0 Å². The van der Waals surface area contributed by atoms with Crippen LogP contribution in [0, 0.1) is 12.8 Å². The van der Waals surface area contributed by atoms with Crippen molar-refractivity contribution in [3.63, 3.8) is 0 Å². The molecule has 1 aliphatic heterocycles. The molecular weight excluding hydrogens is 304 g/mol. The van der Waals surface area contributed by atoms with Crippen LogP contribution in [0.5, 0.6) is 0 Å². The Morgan fingerprint density at radius 1 is 1.42 bits per heavy atom. The smallest absolute Gasteiger partial charge is 0.254 e. The molecule has 0 radical (unpaired) electrons. The van der Waals surface area contributed by atoms with Crippen molar-refractivity contribution in [1.82, 2.24) is 4.90 Å². The van der Waals surface area contributed by atoms with Gasteiger partial charge in [-0.2, -0.15) is 0 Å². The Balaban J connectivity index is 2.05. The molecule has 0 aliphatic carbocycles. The van der Waals surface area contributed by atoms with Crippen molar-refractivity contribution in [2.75, 3.05) is 13.1 Å². The van der Waals surface area contributed by atoms with Crippen molar-refractivity contribution in [3.8, 4) is 0 Å². The number of carbonyl (C=O) groups excluding carboxylic acids is 1. The molecule has 1 saturated heterocycles. The summed E-state index contributed by atoms with van der Waals surface area (Å²) in [5.74, 6) is 0.697. The first-order chi connectivity index (χ1) is 8.99. The molecule has 104 valence electrons. The van der Waals surface area contributed by atoms with Crippen molar-refractivity contribution >= 4 is 21.8 Å². The molecule has 0 spiro atoms. The highest BCUT2D eigenvalue weighted by Gasteiger charge is 2.25. The molecule has 0 saturated carbocycles. The quantitative estimate of drug-likeness (QED) is 0.909. The fourth-order valence-electron chi connectivity index (χ4n) is 2.67. The fourth-order valence-corrected chi connectivity index (χ4v) is 3.14. The van der Waals surface area contributed by atoms with E-state index in [1.165, 1.54) is 0 Å². The normalized spacial score (nSPS) is 18.4. The van der Waals surface area contributed by atoms with Crippen LogP contribution in [0.25, 0.3) is 0 Å². The lowest BCUT2D eigenvalue weighted by Crippen LogP contribution is -2.42. The van der Waals surface area contributed by atoms with E-state index in [1.807, 2.05) is 30.0 Å². The number of nitrogens with two attached hydrogens (primary N) is 1. The molecule has 1 aromatic rings. The molecule has 1 unspecified atom stereocenters. The Hall–Kier alpha value is -0.870. The minimum atomic E-state index is 0.146. The van der Waals surface area contributed by atoms with Crippen LogP contribution >= 0.6 is 15.9 Å². The minimum Gasteiger partial charge on any atom is -0.339 e. The lowest BCUT2D eigenvalue weighted by Gasteiger charge is -2.34. The number of amides is 1. The van der Waals surface area contributed by atoms with Crippen molar-refractivity contribution in [2.45, 2.75) is 32.7 Å². The molecule has 0 bridgehead atoms. The molecule has 3 nitrogen and oxygen atoms in total. The molecular formula is C15H21BrN2O. The number of likely N-dealkylation sites (tertiary alicyclic amines) is 1. The Bertz CT molecular complexity index is 465. The lowest BCUT2D eigenvalue weighted by atomic mass is 9.90. The molecule has 1 atom stereocenters. The van der Waals surface area contributed by atoms with Crippen LogP contribution in [-0.4, -0.2) is 29.9 Å². The number of carbonyl (C=O) groups is 1. The maximum atomic E-state index is 12.5. The summed E-state index contributed by atoms with van der Waals surface area (Å²) in [7, 11) is 0. The zero-order chi connectivity index (χ0) is 14.0. The van der Waals surface area contributed by atoms with Crippen LogP contribution < -0.4 is 5.73 Å². The summed E-state index contributed by atoms with van der Waals surface area (Å²) in [6, 6.07) is 6.04. The van der Waals surface area contributed by atoms with Gasteiger partial charge in [0, 0.05) is 29.2 Å². The van der Waals surface area contributed by atoms with Crippen molar-refractivity contribution in [2.24, 2.45) is 11.7 Å². The Morgan fingerprint density at radius 2 is 2.05 bits per heavy atom. The molecule has 1 heterocycles. The number of nitrogens with zero attached hydrogens (tertiary/aromatic N) is 1. The lowest BCUT2D eigenvalue weighted by molar-refractivity contribution is 0.0680. The summed E-state index contributed by atoms with van der Waals surface area (Å²) in [6.45, 7) is 5.68. The number of hydrogen-bond donors (Lipinski definition) is 1. The van der Waals surface area contributed by atoms with E-state index in [9.17, 15) is 4.79 Å². The van der Waals surface area contributed by atoms with Gasteiger partial charge < -0.3 is 10.6 Å². The molecule has 2 rings (SSSR count). The van der Waals surface area contributed by atoms with E-state index in [2.05, 4.69) is 22.9 Å². The zero-order valence-electron chi connectivity index (χ0n) is 11.5. The first-order valence-corrected chi connectivity index (χ1v) is 7.59. The Labute approximate surface area is 123 Å². The molecule has 1 fully saturated rings. The van der Waals surface area contributed by atoms with Crippen molar-refractivity contribution in [1.29, 1.82) is 0 Å². The van der Waals surface area contributed by atoms with Crippen molar-refractivity contribution < 1.29 is 4.79 Å². The molecule has 19 heavy (non-hydrogen) atoms. The van der Waals surface area contributed by atoms with Gasteiger partial charge in [-0.3, -0.25) is 4.79 Å². The van der Waals surface area contributed by atoms with Crippen LogP contribution in [0.1, 0.15) is 35.7 Å². The summed E-state index contributed by atoms with van der Waals surface area (Å²) in [4.78, 5) is 14.4. The topological polar surface area (TPSA) is 46.3 Å². The standard InChI is InChI=1S/C15H21BrN2O/c1-10-9-13(16)3-4-14(10)15(19)18-7-5-12(6-8-18)11(2)17/h3-4,9,11-12H,5-8,17H2,1-2H3. The maximum absolute atomic E-state index is 12.5. The second-order valence-corrected chi connectivity index (χ2v) is 6.36. The Morgan fingerprint density at radius 3 is 2.58 bits per heavy atom. The number of hydrogen-bond acceptors (Lipinski definition) is 2. The number of piperidine rings is 1.